The van der Waals surface area contributed by atoms with Crippen molar-refractivity contribution in [3.8, 4) is 0 Å². The van der Waals surface area contributed by atoms with Gasteiger partial charge in [-0.15, -0.1) is 0 Å². The average molecular weight is 286 g/mol. The average Bonchev–Trinajstić information content (AvgIpc) is 2.15. The molecular weight excluding hydrogens is 277 g/mol. The van der Waals surface area contributed by atoms with E-state index in [-0.39, 0.29) is 10.6 Å². The Kier molecular flexibility index (Phi) is 3.92. The van der Waals surface area contributed by atoms with Crippen molar-refractivity contribution in [2.75, 3.05) is 5.75 Å². The maximum absolute atomic E-state index is 12.9. The van der Waals surface area contributed by atoms with Crippen LogP contribution in [0.4, 0.5) is 4.39 Å². The first-order valence-corrected chi connectivity index (χ1v) is 8.18. The molecule has 16 heavy (non-hydrogen) atoms. The molecule has 0 unspecified atom stereocenters. The van der Waals surface area contributed by atoms with E-state index in [1.807, 2.05) is 0 Å². The minimum atomic E-state index is -4.26. The van der Waals surface area contributed by atoms with E-state index < -0.39 is 24.8 Å². The molecule has 0 radical (unpaired) electrons. The quantitative estimate of drug-likeness (QED) is 0.800. The predicted octanol–water partition coefficient (Wildman–Crippen LogP) is 2.16. The van der Waals surface area contributed by atoms with Crippen molar-refractivity contribution < 1.29 is 17.0 Å². The summed E-state index contributed by atoms with van der Waals surface area (Å²) >= 11 is 0. The summed E-state index contributed by atoms with van der Waals surface area (Å²) in [4.78, 5) is 0.0132. The minimum absolute atomic E-state index is 0.0132. The molecule has 0 spiro atoms. The molecule has 0 saturated heterocycles. The lowest BCUT2D eigenvalue weighted by molar-refractivity contribution is 0.610. The van der Waals surface area contributed by atoms with Gasteiger partial charge in [0.1, 0.15) is 5.82 Å². The lowest BCUT2D eigenvalue weighted by atomic mass is 10.4. The molecule has 0 aliphatic heterocycles. The standard InChI is InChI=1S/C8H9ClFNO3S2/c1-2-15(12,11-16(9,13)14)8-5-3-4-7(10)6-8/h3-6H,2H2,1H3/t15-/m1/s1. The van der Waals surface area contributed by atoms with Gasteiger partial charge >= 0.3 is 9.24 Å². The van der Waals surface area contributed by atoms with E-state index in [9.17, 15) is 17.0 Å². The van der Waals surface area contributed by atoms with E-state index in [1.165, 1.54) is 19.1 Å². The molecule has 0 aromatic heterocycles. The van der Waals surface area contributed by atoms with Gasteiger partial charge in [0.15, 0.2) is 0 Å². The number of hydrogen-bond acceptors (Lipinski definition) is 3. The normalized spacial score (nSPS) is 15.4. The smallest absolute Gasteiger partial charge is 0.244 e. The van der Waals surface area contributed by atoms with Crippen molar-refractivity contribution in [2.24, 2.45) is 3.77 Å². The highest BCUT2D eigenvalue weighted by molar-refractivity contribution is 8.17. The van der Waals surface area contributed by atoms with Gasteiger partial charge in [0, 0.05) is 16.4 Å². The second-order valence-corrected chi connectivity index (χ2v) is 7.79. The maximum Gasteiger partial charge on any atom is 0.347 e. The summed E-state index contributed by atoms with van der Waals surface area (Å²) < 4.78 is 49.7. The molecule has 8 heteroatoms. The third-order valence-electron chi connectivity index (χ3n) is 1.77. The number of hydrogen-bond donors (Lipinski definition) is 0. The molecule has 0 heterocycles. The van der Waals surface area contributed by atoms with Crippen LogP contribution in [0.5, 0.6) is 0 Å². The van der Waals surface area contributed by atoms with E-state index in [4.69, 9.17) is 10.7 Å². The van der Waals surface area contributed by atoms with E-state index in [2.05, 4.69) is 3.77 Å². The van der Waals surface area contributed by atoms with Crippen molar-refractivity contribution in [3.05, 3.63) is 30.1 Å². The molecule has 0 amide bonds. The highest BCUT2D eigenvalue weighted by Gasteiger charge is 2.15. The van der Waals surface area contributed by atoms with Crippen LogP contribution in [0.2, 0.25) is 0 Å². The van der Waals surface area contributed by atoms with Crippen LogP contribution in [0.15, 0.2) is 32.9 Å². The highest BCUT2D eigenvalue weighted by Crippen LogP contribution is 2.18. The zero-order chi connectivity index (χ0) is 12.4. The fraction of sp³-hybridized carbons (Fsp3) is 0.250. The number of rotatable bonds is 3. The molecule has 0 saturated carbocycles. The molecule has 0 bridgehead atoms. The lowest BCUT2D eigenvalue weighted by Crippen LogP contribution is -2.06. The van der Waals surface area contributed by atoms with Crippen molar-refractivity contribution in [2.45, 2.75) is 11.8 Å². The van der Waals surface area contributed by atoms with E-state index in [0.29, 0.717) is 0 Å². The molecule has 1 aromatic rings. The van der Waals surface area contributed by atoms with Crippen LogP contribution in [-0.2, 0) is 19.0 Å². The van der Waals surface area contributed by atoms with Crippen LogP contribution in [0.25, 0.3) is 0 Å². The third-order valence-corrected chi connectivity index (χ3v) is 5.72. The Bertz CT molecular complexity index is 605. The fourth-order valence-electron chi connectivity index (χ4n) is 1.07. The van der Waals surface area contributed by atoms with Crippen molar-refractivity contribution in [1.29, 1.82) is 0 Å². The van der Waals surface area contributed by atoms with Gasteiger partial charge in [-0.25, -0.2) is 8.60 Å². The molecule has 90 valence electrons. The van der Waals surface area contributed by atoms with Crippen molar-refractivity contribution >= 4 is 29.6 Å². The summed E-state index contributed by atoms with van der Waals surface area (Å²) in [6.45, 7) is 1.48. The Labute approximate surface area is 98.2 Å². The SMILES string of the molecule is CC[S@](=O)(=NS(=O)(=O)Cl)c1cccc(F)c1. The summed E-state index contributed by atoms with van der Waals surface area (Å²) in [5, 5.41) is 0. The highest BCUT2D eigenvalue weighted by atomic mass is 35.7. The third kappa shape index (κ3) is 3.43. The monoisotopic (exact) mass is 285 g/mol. The van der Waals surface area contributed by atoms with E-state index in [1.54, 1.807) is 0 Å². The topological polar surface area (TPSA) is 63.6 Å². The van der Waals surface area contributed by atoms with Crippen LogP contribution in [0.3, 0.4) is 0 Å². The lowest BCUT2D eigenvalue weighted by Gasteiger charge is -2.06. The molecule has 1 rings (SSSR count). The summed E-state index contributed by atoms with van der Waals surface area (Å²) in [6.07, 6.45) is 0. The van der Waals surface area contributed by atoms with Crippen LogP contribution >= 0.6 is 10.7 Å². The van der Waals surface area contributed by atoms with Crippen LogP contribution in [-0.4, -0.2) is 18.4 Å². The maximum atomic E-state index is 12.9. The van der Waals surface area contributed by atoms with Crippen molar-refractivity contribution in [3.63, 3.8) is 0 Å². The Morgan fingerprint density at radius 1 is 1.38 bits per heavy atom. The van der Waals surface area contributed by atoms with Gasteiger partial charge in [-0.2, -0.15) is 8.42 Å². The van der Waals surface area contributed by atoms with E-state index >= 15 is 0 Å². The molecule has 0 aliphatic rings. The Balaban J connectivity index is 3.50. The molecule has 0 N–H and O–H groups in total. The second kappa shape index (κ2) is 4.68. The molecule has 0 aliphatic carbocycles. The van der Waals surface area contributed by atoms with Gasteiger partial charge in [-0.05, 0) is 18.2 Å². The summed E-state index contributed by atoms with van der Waals surface area (Å²) in [6, 6.07) is 4.82. The Morgan fingerprint density at radius 2 is 2.00 bits per heavy atom. The fourth-order valence-corrected chi connectivity index (χ4v) is 4.73. The van der Waals surface area contributed by atoms with Gasteiger partial charge in [-0.3, -0.25) is 0 Å². The number of nitrogens with zero attached hydrogens (tertiary/aromatic N) is 1. The predicted molar refractivity (Wildman–Crippen MR) is 60.6 cm³/mol. The molecular formula is C8H9ClFNO3S2. The summed E-state index contributed by atoms with van der Waals surface area (Å²) in [7, 11) is -2.56. The first-order valence-electron chi connectivity index (χ1n) is 4.23. The van der Waals surface area contributed by atoms with Gasteiger partial charge in [0.2, 0.25) is 0 Å². The molecule has 4 nitrogen and oxygen atoms in total. The Morgan fingerprint density at radius 3 is 2.44 bits per heavy atom. The van der Waals surface area contributed by atoms with Gasteiger partial charge < -0.3 is 0 Å². The van der Waals surface area contributed by atoms with Crippen LogP contribution in [0.1, 0.15) is 6.92 Å². The number of benzene rings is 1. The minimum Gasteiger partial charge on any atom is -0.244 e. The van der Waals surface area contributed by atoms with Gasteiger partial charge in [0.05, 0.1) is 14.6 Å². The van der Waals surface area contributed by atoms with Crippen LogP contribution < -0.4 is 0 Å². The first-order chi connectivity index (χ1) is 7.27. The Hall–Kier alpha value is -0.660. The van der Waals surface area contributed by atoms with Crippen molar-refractivity contribution in [1.82, 2.24) is 0 Å². The molecule has 1 aromatic carbocycles. The zero-order valence-corrected chi connectivity index (χ0v) is 10.6. The number of halogens is 2. The molecule has 0 fully saturated rings. The van der Waals surface area contributed by atoms with Gasteiger partial charge in [0.25, 0.3) is 0 Å². The largest absolute Gasteiger partial charge is 0.347 e. The van der Waals surface area contributed by atoms with Gasteiger partial charge in [-0.1, -0.05) is 16.8 Å². The zero-order valence-electron chi connectivity index (χ0n) is 8.26. The van der Waals surface area contributed by atoms with Crippen LogP contribution in [0, 0.1) is 5.82 Å². The summed E-state index contributed by atoms with van der Waals surface area (Å²) in [5.74, 6) is -0.677. The molecule has 1 atom stereocenters. The first kappa shape index (κ1) is 13.4. The second-order valence-electron chi connectivity index (χ2n) is 2.87. The summed E-state index contributed by atoms with van der Waals surface area (Å²) in [5.41, 5.74) is 0. The van der Waals surface area contributed by atoms with E-state index in [0.717, 1.165) is 12.1 Å².